The quantitative estimate of drug-likeness (QED) is 0.897. The van der Waals surface area contributed by atoms with Crippen molar-refractivity contribution >= 4 is 23.6 Å². The molecule has 1 aromatic carbocycles. The van der Waals surface area contributed by atoms with Gasteiger partial charge in [0.15, 0.2) is 0 Å². The van der Waals surface area contributed by atoms with E-state index in [1.54, 1.807) is 13.1 Å². The van der Waals surface area contributed by atoms with Gasteiger partial charge < -0.3 is 9.64 Å². The molecule has 2 aromatic rings. The Morgan fingerprint density at radius 3 is 3.04 bits per heavy atom. The molecule has 0 bridgehead atoms. The highest BCUT2D eigenvalue weighted by Gasteiger charge is 2.29. The zero-order chi connectivity index (χ0) is 16.4. The first-order valence-corrected chi connectivity index (χ1v) is 7.28. The van der Waals surface area contributed by atoms with Crippen LogP contribution in [0.3, 0.4) is 0 Å². The summed E-state index contributed by atoms with van der Waals surface area (Å²) in [6.45, 7) is 0.818. The second-order valence-electron chi connectivity index (χ2n) is 4.97. The van der Waals surface area contributed by atoms with Crippen LogP contribution in [0.15, 0.2) is 18.2 Å². The molecule has 10 heteroatoms. The van der Waals surface area contributed by atoms with E-state index in [2.05, 4.69) is 20.7 Å². The van der Waals surface area contributed by atoms with Crippen LogP contribution in [-0.2, 0) is 11.8 Å². The molecule has 8 nitrogen and oxygen atoms in total. The van der Waals surface area contributed by atoms with E-state index >= 15 is 0 Å². The number of aromatic nitrogens is 4. The lowest BCUT2D eigenvalue weighted by atomic mass is 10.1. The first-order chi connectivity index (χ1) is 11.0. The van der Waals surface area contributed by atoms with Gasteiger partial charge >= 0.3 is 6.03 Å². The minimum Gasteiger partial charge on any atom is -0.370 e. The van der Waals surface area contributed by atoms with E-state index in [0.29, 0.717) is 6.54 Å². The number of urea groups is 1. The fraction of sp³-hybridized carbons (Fsp3) is 0.385. The van der Waals surface area contributed by atoms with E-state index in [-0.39, 0.29) is 29.7 Å². The average molecular weight is 341 g/mol. The summed E-state index contributed by atoms with van der Waals surface area (Å²) in [4.78, 5) is 15.0. The van der Waals surface area contributed by atoms with Crippen molar-refractivity contribution in [2.45, 2.75) is 6.10 Å². The molecule has 2 heterocycles. The maximum Gasteiger partial charge on any atom is 0.324 e. The smallest absolute Gasteiger partial charge is 0.324 e. The van der Waals surface area contributed by atoms with Crippen LogP contribution in [0.5, 0.6) is 0 Å². The largest absolute Gasteiger partial charge is 0.370 e. The molecule has 0 saturated carbocycles. The molecule has 0 spiro atoms. The van der Waals surface area contributed by atoms with Crippen molar-refractivity contribution in [3.63, 3.8) is 0 Å². The number of carbonyl (C=O) groups is 1. The number of benzene rings is 1. The van der Waals surface area contributed by atoms with Crippen molar-refractivity contribution in [3.05, 3.63) is 34.6 Å². The summed E-state index contributed by atoms with van der Waals surface area (Å²) in [5.74, 6) is -0.357. The molecular formula is C13H14ClFN6O2. The van der Waals surface area contributed by atoms with E-state index in [9.17, 15) is 9.18 Å². The maximum absolute atomic E-state index is 14.0. The first kappa shape index (κ1) is 15.6. The highest BCUT2D eigenvalue weighted by Crippen LogP contribution is 2.30. The Morgan fingerprint density at radius 2 is 2.35 bits per heavy atom. The van der Waals surface area contributed by atoms with Crippen LogP contribution in [0, 0.1) is 5.82 Å². The molecule has 23 heavy (non-hydrogen) atoms. The molecule has 2 amide bonds. The topological polar surface area (TPSA) is 85.2 Å². The fourth-order valence-corrected chi connectivity index (χ4v) is 2.62. The Morgan fingerprint density at radius 1 is 1.52 bits per heavy atom. The first-order valence-electron chi connectivity index (χ1n) is 6.90. The Bertz CT molecular complexity index is 704. The Hall–Kier alpha value is -2.26. The molecule has 1 aromatic heterocycles. The summed E-state index contributed by atoms with van der Waals surface area (Å²) in [5.41, 5.74) is 0.254. The lowest BCUT2D eigenvalue weighted by molar-refractivity contribution is -0.0152. The minimum atomic E-state index is -0.627. The van der Waals surface area contributed by atoms with Crippen LogP contribution in [0.1, 0.15) is 11.7 Å². The van der Waals surface area contributed by atoms with Crippen molar-refractivity contribution in [2.75, 3.05) is 25.0 Å². The number of nitrogens with one attached hydrogen (secondary N) is 1. The molecule has 122 valence electrons. The molecule has 1 fully saturated rings. The predicted octanol–water partition coefficient (Wildman–Crippen LogP) is 1.61. The zero-order valence-electron chi connectivity index (χ0n) is 12.2. The Labute approximate surface area is 136 Å². The normalized spacial score (nSPS) is 18.0. The van der Waals surface area contributed by atoms with Gasteiger partial charge in [-0.25, -0.2) is 9.18 Å². The van der Waals surface area contributed by atoms with Gasteiger partial charge in [-0.2, -0.15) is 4.80 Å². The molecular weight excluding hydrogens is 327 g/mol. The summed E-state index contributed by atoms with van der Waals surface area (Å²) in [5, 5.41) is 14.0. The maximum atomic E-state index is 14.0. The fourth-order valence-electron chi connectivity index (χ4n) is 2.34. The standard InChI is InChI=1S/C13H14ClFN6O2/c1-20-18-12(17-19-20)16-13(22)21-5-6-23-10(7-21)11-8(14)3-2-4-9(11)15/h2-4,10H,5-7H2,1H3,(H,16,18,22). The van der Waals surface area contributed by atoms with Crippen molar-refractivity contribution in [2.24, 2.45) is 7.05 Å². The van der Waals surface area contributed by atoms with E-state index in [4.69, 9.17) is 16.3 Å². The van der Waals surface area contributed by atoms with Gasteiger partial charge in [-0.05, 0) is 17.3 Å². The number of hydrogen-bond acceptors (Lipinski definition) is 5. The number of carbonyl (C=O) groups excluding carboxylic acids is 1. The number of hydrogen-bond donors (Lipinski definition) is 1. The van der Waals surface area contributed by atoms with Crippen LogP contribution < -0.4 is 5.32 Å². The highest BCUT2D eigenvalue weighted by atomic mass is 35.5. The number of tetrazole rings is 1. The molecule has 3 rings (SSSR count). The molecule has 1 N–H and O–H groups in total. The Balaban J connectivity index is 1.72. The number of halogens is 2. The van der Waals surface area contributed by atoms with E-state index in [0.717, 1.165) is 0 Å². The summed E-state index contributed by atoms with van der Waals surface area (Å²) >= 11 is 6.05. The summed E-state index contributed by atoms with van der Waals surface area (Å²) in [6.07, 6.45) is -0.627. The third-order valence-electron chi connectivity index (χ3n) is 3.40. The number of rotatable bonds is 2. The molecule has 1 unspecified atom stereocenters. The molecule has 0 aliphatic carbocycles. The highest BCUT2D eigenvalue weighted by molar-refractivity contribution is 6.31. The predicted molar refractivity (Wildman–Crippen MR) is 79.5 cm³/mol. The van der Waals surface area contributed by atoms with Crippen molar-refractivity contribution in [1.29, 1.82) is 0 Å². The summed E-state index contributed by atoms with van der Waals surface area (Å²) in [7, 11) is 1.59. The molecule has 1 saturated heterocycles. The van der Waals surface area contributed by atoms with Gasteiger partial charge in [0.05, 0.1) is 20.2 Å². The number of nitrogens with zero attached hydrogens (tertiary/aromatic N) is 5. The molecule has 1 aliphatic heterocycles. The number of amides is 2. The van der Waals surface area contributed by atoms with Gasteiger partial charge in [0.1, 0.15) is 11.9 Å². The third-order valence-corrected chi connectivity index (χ3v) is 3.73. The number of anilines is 1. The third kappa shape index (κ3) is 3.40. The second-order valence-corrected chi connectivity index (χ2v) is 5.38. The van der Waals surface area contributed by atoms with Gasteiger partial charge in [-0.3, -0.25) is 5.32 Å². The van der Waals surface area contributed by atoms with Crippen molar-refractivity contribution in [1.82, 2.24) is 25.1 Å². The van der Waals surface area contributed by atoms with Crippen molar-refractivity contribution in [3.8, 4) is 0 Å². The Kier molecular flexibility index (Phi) is 4.39. The molecule has 0 radical (unpaired) electrons. The van der Waals surface area contributed by atoms with Crippen LogP contribution >= 0.6 is 11.6 Å². The minimum absolute atomic E-state index is 0.101. The zero-order valence-corrected chi connectivity index (χ0v) is 13.0. The molecule has 1 aliphatic rings. The van der Waals surface area contributed by atoms with Crippen LogP contribution in [0.25, 0.3) is 0 Å². The lowest BCUT2D eigenvalue weighted by Gasteiger charge is -2.33. The summed E-state index contributed by atoms with van der Waals surface area (Å²) < 4.78 is 19.6. The van der Waals surface area contributed by atoms with Gasteiger partial charge in [-0.1, -0.05) is 22.8 Å². The van der Waals surface area contributed by atoms with Crippen LogP contribution in [0.2, 0.25) is 5.02 Å². The number of aryl methyl sites for hydroxylation is 1. The van der Waals surface area contributed by atoms with Gasteiger partial charge in [-0.15, -0.1) is 5.10 Å². The lowest BCUT2D eigenvalue weighted by Crippen LogP contribution is -2.44. The summed E-state index contributed by atoms with van der Waals surface area (Å²) in [6, 6.07) is 4.02. The van der Waals surface area contributed by atoms with Gasteiger partial charge in [0.2, 0.25) is 0 Å². The SMILES string of the molecule is Cn1nnc(NC(=O)N2CCOC(c3c(F)cccc3Cl)C2)n1. The molecule has 1 atom stereocenters. The number of ether oxygens (including phenoxy) is 1. The monoisotopic (exact) mass is 340 g/mol. The average Bonchev–Trinajstić information content (AvgIpc) is 2.92. The van der Waals surface area contributed by atoms with E-state index in [1.165, 1.54) is 21.8 Å². The van der Waals surface area contributed by atoms with Crippen LogP contribution in [0.4, 0.5) is 15.1 Å². The van der Waals surface area contributed by atoms with E-state index < -0.39 is 18.0 Å². The van der Waals surface area contributed by atoms with Gasteiger partial charge in [0.25, 0.3) is 5.95 Å². The van der Waals surface area contributed by atoms with Crippen molar-refractivity contribution < 1.29 is 13.9 Å². The second kappa shape index (κ2) is 6.47. The van der Waals surface area contributed by atoms with E-state index in [1.807, 2.05) is 0 Å². The van der Waals surface area contributed by atoms with Gasteiger partial charge in [0, 0.05) is 17.1 Å². The number of morpholine rings is 1. The van der Waals surface area contributed by atoms with Crippen LogP contribution in [-0.4, -0.2) is 50.8 Å².